The summed E-state index contributed by atoms with van der Waals surface area (Å²) in [6, 6.07) is 7.08. The standard InChI is InChI=1S/C16H12F2IN3O4S/c1-7-4-8(19)2-3-10(7)21-16-9(11-6-13(23)22-26-11)5-12(27(20,24)25)14(17)15(16)18/h2-6,21H,1H3,(H,22,23)(H2,20,24,25). The van der Waals surface area contributed by atoms with Gasteiger partial charge in [-0.05, 0) is 64.5 Å². The lowest BCUT2D eigenvalue weighted by atomic mass is 10.1. The van der Waals surface area contributed by atoms with Gasteiger partial charge in [-0.3, -0.25) is 0 Å². The first-order valence-corrected chi connectivity index (χ1v) is 9.94. The summed E-state index contributed by atoms with van der Waals surface area (Å²) < 4.78 is 58.1. The molecule has 3 rings (SSSR count). The highest BCUT2D eigenvalue weighted by Crippen LogP contribution is 2.38. The number of nitrogens with zero attached hydrogens (tertiary/aromatic N) is 1. The Balaban J connectivity index is 2.27. The van der Waals surface area contributed by atoms with Crippen LogP contribution in [0.25, 0.3) is 11.3 Å². The summed E-state index contributed by atoms with van der Waals surface area (Å²) in [5.41, 5.74) is 0.634. The zero-order valence-corrected chi connectivity index (χ0v) is 16.6. The molecule has 0 saturated carbocycles. The largest absolute Gasteiger partial charge is 0.491 e. The smallest absolute Gasteiger partial charge is 0.252 e. The number of primary sulfonamides is 1. The Morgan fingerprint density at radius 1 is 1.22 bits per heavy atom. The van der Waals surface area contributed by atoms with Crippen molar-refractivity contribution < 1.29 is 26.8 Å². The lowest BCUT2D eigenvalue weighted by Gasteiger charge is -2.16. The van der Waals surface area contributed by atoms with Crippen LogP contribution in [0, 0.1) is 22.1 Å². The number of aromatic nitrogens is 1. The van der Waals surface area contributed by atoms with Gasteiger partial charge in [0, 0.05) is 20.9 Å². The summed E-state index contributed by atoms with van der Waals surface area (Å²) in [7, 11) is -4.55. The molecule has 0 bridgehead atoms. The van der Waals surface area contributed by atoms with Gasteiger partial charge in [-0.15, -0.1) is 0 Å². The Hall–Kier alpha value is -2.25. The van der Waals surface area contributed by atoms with Crippen molar-refractivity contribution in [1.29, 1.82) is 0 Å². The van der Waals surface area contributed by atoms with E-state index in [4.69, 9.17) is 9.66 Å². The maximum Gasteiger partial charge on any atom is 0.252 e. The van der Waals surface area contributed by atoms with E-state index in [-0.39, 0.29) is 17.0 Å². The molecule has 27 heavy (non-hydrogen) atoms. The maximum absolute atomic E-state index is 14.8. The molecule has 1 aromatic heterocycles. The number of hydrogen-bond acceptors (Lipinski definition) is 6. The Labute approximate surface area is 166 Å². The highest BCUT2D eigenvalue weighted by atomic mass is 127. The number of halogens is 3. The van der Waals surface area contributed by atoms with E-state index in [0.29, 0.717) is 5.69 Å². The van der Waals surface area contributed by atoms with Crippen LogP contribution in [0.1, 0.15) is 5.56 Å². The molecule has 3 aromatic rings. The summed E-state index contributed by atoms with van der Waals surface area (Å²) in [6.45, 7) is 1.76. The van der Waals surface area contributed by atoms with Gasteiger partial charge in [-0.1, -0.05) is 0 Å². The second-order valence-corrected chi connectivity index (χ2v) is 8.38. The van der Waals surface area contributed by atoms with Crippen molar-refractivity contribution in [2.75, 3.05) is 5.32 Å². The molecule has 0 saturated heterocycles. The average Bonchev–Trinajstić information content (AvgIpc) is 2.99. The Bertz CT molecular complexity index is 1150. The lowest BCUT2D eigenvalue weighted by molar-refractivity contribution is 0.365. The first kappa shape index (κ1) is 19.5. The van der Waals surface area contributed by atoms with Gasteiger partial charge in [0.05, 0.1) is 5.69 Å². The van der Waals surface area contributed by atoms with E-state index in [0.717, 1.165) is 21.3 Å². The van der Waals surface area contributed by atoms with E-state index < -0.39 is 32.4 Å². The predicted molar refractivity (Wildman–Crippen MR) is 102 cm³/mol. The molecule has 4 N–H and O–H groups in total. The van der Waals surface area contributed by atoms with Gasteiger partial charge < -0.3 is 14.9 Å². The minimum Gasteiger partial charge on any atom is -0.491 e. The molecule has 0 atom stereocenters. The third-order valence-electron chi connectivity index (χ3n) is 3.69. The molecule has 0 amide bonds. The minimum atomic E-state index is -4.55. The predicted octanol–water partition coefficient (Wildman–Crippen LogP) is 3.63. The van der Waals surface area contributed by atoms with Crippen molar-refractivity contribution in [3.8, 4) is 17.2 Å². The lowest BCUT2D eigenvalue weighted by Crippen LogP contribution is -2.16. The highest BCUT2D eigenvalue weighted by molar-refractivity contribution is 14.1. The topological polar surface area (TPSA) is 118 Å². The van der Waals surface area contributed by atoms with Crippen molar-refractivity contribution in [3.05, 3.63) is 51.1 Å². The first-order valence-electron chi connectivity index (χ1n) is 7.32. The van der Waals surface area contributed by atoms with Gasteiger partial charge in [-0.25, -0.2) is 22.3 Å². The number of sulfonamides is 1. The van der Waals surface area contributed by atoms with Crippen molar-refractivity contribution >= 4 is 44.0 Å². The third kappa shape index (κ3) is 3.89. The van der Waals surface area contributed by atoms with E-state index in [1.165, 1.54) is 0 Å². The summed E-state index contributed by atoms with van der Waals surface area (Å²) in [4.78, 5) is -1.05. The fraction of sp³-hybridized carbons (Fsp3) is 0.0625. The molecular formula is C16H12F2IN3O4S. The Kier molecular flexibility index (Phi) is 5.10. The monoisotopic (exact) mass is 507 g/mol. The molecule has 0 aliphatic heterocycles. The second-order valence-electron chi connectivity index (χ2n) is 5.60. The molecule has 0 aliphatic carbocycles. The molecule has 0 unspecified atom stereocenters. The number of rotatable bonds is 4. The summed E-state index contributed by atoms with van der Waals surface area (Å²) in [6.07, 6.45) is 0. The van der Waals surface area contributed by atoms with Gasteiger partial charge in [0.2, 0.25) is 10.0 Å². The molecule has 0 spiro atoms. The number of nitrogens with one attached hydrogen (secondary N) is 1. The van der Waals surface area contributed by atoms with E-state index in [1.54, 1.807) is 19.1 Å². The van der Waals surface area contributed by atoms with Gasteiger partial charge >= 0.3 is 0 Å². The zero-order valence-electron chi connectivity index (χ0n) is 13.6. The SMILES string of the molecule is Cc1cc(I)ccc1Nc1c(-c2cc(O)no2)cc(S(N)(=O)=O)c(F)c1F. The zero-order chi connectivity index (χ0) is 19.9. The molecule has 1 heterocycles. The van der Waals surface area contributed by atoms with Crippen LogP contribution in [0.15, 0.2) is 39.8 Å². The summed E-state index contributed by atoms with van der Waals surface area (Å²) in [5.74, 6) is -3.79. The second kappa shape index (κ2) is 7.05. The van der Waals surface area contributed by atoms with Gasteiger partial charge in [0.1, 0.15) is 4.90 Å². The molecule has 7 nitrogen and oxygen atoms in total. The summed E-state index contributed by atoms with van der Waals surface area (Å²) in [5, 5.41) is 20.4. The van der Waals surface area contributed by atoms with Crippen LogP contribution >= 0.6 is 22.6 Å². The molecule has 0 fully saturated rings. The number of aromatic hydroxyl groups is 1. The van der Waals surface area contributed by atoms with E-state index in [9.17, 15) is 22.3 Å². The van der Waals surface area contributed by atoms with Gasteiger partial charge in [0.15, 0.2) is 17.4 Å². The van der Waals surface area contributed by atoms with Crippen LogP contribution in [0.5, 0.6) is 5.88 Å². The molecule has 11 heteroatoms. The average molecular weight is 507 g/mol. The number of benzene rings is 2. The van der Waals surface area contributed by atoms with Crippen molar-refractivity contribution in [1.82, 2.24) is 5.16 Å². The number of anilines is 2. The summed E-state index contributed by atoms with van der Waals surface area (Å²) >= 11 is 2.10. The van der Waals surface area contributed by atoms with Crippen LogP contribution in [0.2, 0.25) is 0 Å². The molecule has 0 aliphatic rings. The normalized spacial score (nSPS) is 11.6. The van der Waals surface area contributed by atoms with Crippen molar-refractivity contribution in [3.63, 3.8) is 0 Å². The quantitative estimate of drug-likeness (QED) is 0.465. The molecular weight excluding hydrogens is 495 g/mol. The Morgan fingerprint density at radius 2 is 1.93 bits per heavy atom. The van der Waals surface area contributed by atoms with Gasteiger partial charge in [-0.2, -0.15) is 0 Å². The molecule has 0 radical (unpaired) electrons. The minimum absolute atomic E-state index is 0.177. The third-order valence-corrected chi connectivity index (χ3v) is 5.27. The molecule has 142 valence electrons. The van der Waals surface area contributed by atoms with Gasteiger partial charge in [0.25, 0.3) is 5.88 Å². The number of hydrogen-bond donors (Lipinski definition) is 3. The molecule has 2 aromatic carbocycles. The highest BCUT2D eigenvalue weighted by Gasteiger charge is 2.27. The van der Waals surface area contributed by atoms with E-state index in [1.807, 2.05) is 6.07 Å². The fourth-order valence-electron chi connectivity index (χ4n) is 2.42. The van der Waals surface area contributed by atoms with E-state index >= 15 is 0 Å². The van der Waals surface area contributed by atoms with Crippen LogP contribution < -0.4 is 10.5 Å². The fourth-order valence-corrected chi connectivity index (χ4v) is 3.69. The number of nitrogens with two attached hydrogens (primary N) is 1. The van der Waals surface area contributed by atoms with Crippen molar-refractivity contribution in [2.24, 2.45) is 5.14 Å². The van der Waals surface area contributed by atoms with Crippen LogP contribution in [-0.4, -0.2) is 18.7 Å². The van der Waals surface area contributed by atoms with Crippen LogP contribution in [0.4, 0.5) is 20.2 Å². The van der Waals surface area contributed by atoms with Crippen molar-refractivity contribution in [2.45, 2.75) is 11.8 Å². The van der Waals surface area contributed by atoms with Crippen LogP contribution in [0.3, 0.4) is 0 Å². The first-order chi connectivity index (χ1) is 12.6. The Morgan fingerprint density at radius 3 is 2.48 bits per heavy atom. The van der Waals surface area contributed by atoms with Crippen LogP contribution in [-0.2, 0) is 10.0 Å². The number of aryl methyl sites for hydroxylation is 1. The maximum atomic E-state index is 14.8. The van der Waals surface area contributed by atoms with E-state index in [2.05, 4.69) is 33.1 Å².